The molecule has 0 bridgehead atoms. The molecule has 5 N–H and O–H groups in total. The van der Waals surface area contributed by atoms with E-state index in [1.807, 2.05) is 13.0 Å². The highest BCUT2D eigenvalue weighted by Crippen LogP contribution is 2.31. The van der Waals surface area contributed by atoms with Gasteiger partial charge in [0.1, 0.15) is 42.4 Å². The van der Waals surface area contributed by atoms with Crippen molar-refractivity contribution in [3.63, 3.8) is 0 Å². The Bertz CT molecular complexity index is 2610. The van der Waals surface area contributed by atoms with Crippen LogP contribution in [-0.2, 0) is 65.3 Å². The molecule has 6 atom stereocenters. The van der Waals surface area contributed by atoms with Crippen LogP contribution in [0, 0.1) is 35.5 Å². The number of aliphatic carboxylic acids is 1. The number of hydrogen-bond donors (Lipinski definition) is 5. The molecule has 0 saturated heterocycles. The summed E-state index contributed by atoms with van der Waals surface area (Å²) in [7, 11) is 2.47. The van der Waals surface area contributed by atoms with E-state index in [1.54, 1.807) is 102 Å². The van der Waals surface area contributed by atoms with E-state index in [1.165, 1.54) is 71.7 Å². The molecule has 0 aliphatic carbocycles. The van der Waals surface area contributed by atoms with Crippen LogP contribution in [0.1, 0.15) is 228 Å². The van der Waals surface area contributed by atoms with Crippen LogP contribution in [0.25, 0.3) is 0 Å². The van der Waals surface area contributed by atoms with E-state index in [-0.39, 0.29) is 38.9 Å². The summed E-state index contributed by atoms with van der Waals surface area (Å²) in [5, 5.41) is 38.4. The number of amides is 2. The Labute approximate surface area is 564 Å². The molecule has 0 heterocycles. The predicted molar refractivity (Wildman–Crippen MR) is 370 cm³/mol. The van der Waals surface area contributed by atoms with E-state index in [9.17, 15) is 44.1 Å². The van der Waals surface area contributed by atoms with Crippen LogP contribution in [0.5, 0.6) is 11.5 Å². The maximum absolute atomic E-state index is 13.9. The molecule has 2 amide bonds. The molecule has 0 spiro atoms. The van der Waals surface area contributed by atoms with Crippen LogP contribution < -0.4 is 20.1 Å². The lowest BCUT2D eigenvalue weighted by Crippen LogP contribution is -2.56. The molecule has 94 heavy (non-hydrogen) atoms. The van der Waals surface area contributed by atoms with E-state index in [2.05, 4.69) is 48.2 Å². The molecule has 2 aromatic carbocycles. The first-order valence-corrected chi connectivity index (χ1v) is 34.5. The summed E-state index contributed by atoms with van der Waals surface area (Å²) in [5.74, 6) is 4.59. The molecule has 0 radical (unpaired) electrons. The van der Waals surface area contributed by atoms with Gasteiger partial charge in [0.05, 0.1) is 26.1 Å². The van der Waals surface area contributed by atoms with Crippen molar-refractivity contribution in [1.29, 1.82) is 0 Å². The molecule has 0 fully saturated rings. The fraction of sp³-hybridized carbons (Fsp3) is 0.658. The van der Waals surface area contributed by atoms with E-state index in [4.69, 9.17) is 33.2 Å². The fourth-order valence-electron chi connectivity index (χ4n) is 10.3. The van der Waals surface area contributed by atoms with Crippen LogP contribution in [-0.4, -0.2) is 134 Å². The van der Waals surface area contributed by atoms with Gasteiger partial charge in [0.15, 0.2) is 11.2 Å². The number of carbonyl (C=O) groups excluding carboxylic acids is 5. The number of nitrogens with one attached hydrogen (secondary N) is 2. The summed E-state index contributed by atoms with van der Waals surface area (Å²) in [5.41, 5.74) is -3.87. The molecule has 528 valence electrons. The van der Waals surface area contributed by atoms with E-state index in [0.717, 1.165) is 102 Å². The Kier molecular flexibility index (Phi) is 46.8. The highest BCUT2D eigenvalue weighted by molar-refractivity contribution is 5.94. The van der Waals surface area contributed by atoms with Gasteiger partial charge in [0.25, 0.3) is 0 Å². The van der Waals surface area contributed by atoms with E-state index in [0.29, 0.717) is 37.2 Å². The monoisotopic (exact) mass is 1310 g/mol. The number of benzene rings is 2. The molecular formula is C76H118N2O16. The lowest BCUT2D eigenvalue weighted by atomic mass is 9.81. The minimum Gasteiger partial charge on any atom is -0.481 e. The smallest absolute Gasteiger partial charge is 0.339 e. The van der Waals surface area contributed by atoms with Crippen molar-refractivity contribution in [3.8, 4) is 35.2 Å². The number of carboxylic acids is 1. The zero-order valence-corrected chi connectivity index (χ0v) is 59.0. The van der Waals surface area contributed by atoms with Crippen molar-refractivity contribution in [2.75, 3.05) is 53.9 Å². The Balaban J connectivity index is 0.000000943. The summed E-state index contributed by atoms with van der Waals surface area (Å²) in [6.07, 6.45) is 28.8. The topological polar surface area (TPSA) is 252 Å². The summed E-state index contributed by atoms with van der Waals surface area (Å²) in [4.78, 5) is 78.6. The van der Waals surface area contributed by atoms with Gasteiger partial charge in [0, 0.05) is 39.3 Å². The lowest BCUT2D eigenvalue weighted by Gasteiger charge is -2.34. The Hall–Kier alpha value is -6.70. The second-order valence-corrected chi connectivity index (χ2v) is 24.7. The van der Waals surface area contributed by atoms with Crippen molar-refractivity contribution in [2.45, 2.75) is 258 Å². The highest BCUT2D eigenvalue weighted by Gasteiger charge is 2.49. The average molecular weight is 1320 g/mol. The zero-order valence-electron chi connectivity index (χ0n) is 59.0. The number of aliphatic hydroxyl groups is 2. The van der Waals surface area contributed by atoms with E-state index >= 15 is 0 Å². The molecule has 0 aromatic heterocycles. The number of hydrogen-bond acceptors (Lipinski definition) is 15. The second kappa shape index (κ2) is 51.6. The molecule has 0 aliphatic rings. The number of carboxylic acid groups (broad SMARTS) is 1. The van der Waals surface area contributed by atoms with E-state index < -0.39 is 76.4 Å². The third kappa shape index (κ3) is 36.8. The van der Waals surface area contributed by atoms with Crippen LogP contribution in [0.3, 0.4) is 0 Å². The summed E-state index contributed by atoms with van der Waals surface area (Å²) < 4.78 is 38.1. The molecule has 0 saturated carbocycles. The Morgan fingerprint density at radius 3 is 1.18 bits per heavy atom. The number of ether oxygens (including phenoxy) is 7. The SMILES string of the molecule is CC#CCOc1ccc(C[C@H](NC(=O)[C@@H](/C=C/CCCCCCOCCCCCCC)[C@@](O)(CCC)C(=O)O)C(=O)OC)cc1.CC#CCOc1ccc(C[C@H](NC(=O)[C@@H](/C=C/CCCCCCOCCCCCCC)[C@@](O)(CCC)C(=O)OC(C)(C)C)C(=O)OC)cc1. The van der Waals surface area contributed by atoms with Crippen molar-refractivity contribution in [2.24, 2.45) is 11.8 Å². The minimum atomic E-state index is -2.33. The van der Waals surface area contributed by atoms with Gasteiger partial charge in [0.2, 0.25) is 11.8 Å². The maximum atomic E-state index is 13.9. The van der Waals surface area contributed by atoms with Gasteiger partial charge in [-0.3, -0.25) is 9.59 Å². The number of allylic oxidation sites excluding steroid dienone is 2. The summed E-state index contributed by atoms with van der Waals surface area (Å²) >= 11 is 0. The lowest BCUT2D eigenvalue weighted by molar-refractivity contribution is -0.184. The van der Waals surface area contributed by atoms with Crippen LogP contribution >= 0.6 is 0 Å². The van der Waals surface area contributed by atoms with Crippen LogP contribution in [0.2, 0.25) is 0 Å². The van der Waals surface area contributed by atoms with Crippen LogP contribution in [0.4, 0.5) is 0 Å². The first kappa shape index (κ1) is 85.3. The van der Waals surface area contributed by atoms with Crippen molar-refractivity contribution < 1.29 is 77.2 Å². The molecule has 18 nitrogen and oxygen atoms in total. The fourth-order valence-corrected chi connectivity index (χ4v) is 10.3. The van der Waals surface area contributed by atoms with Gasteiger partial charge < -0.3 is 59.1 Å². The second-order valence-electron chi connectivity index (χ2n) is 24.7. The highest BCUT2D eigenvalue weighted by atomic mass is 16.6. The van der Waals surface area contributed by atoms with Crippen molar-refractivity contribution in [1.82, 2.24) is 10.6 Å². The number of methoxy groups -OCH3 is 2. The summed E-state index contributed by atoms with van der Waals surface area (Å²) in [6, 6.07) is 12.0. The maximum Gasteiger partial charge on any atom is 0.339 e. The van der Waals surface area contributed by atoms with Gasteiger partial charge >= 0.3 is 23.9 Å². The van der Waals surface area contributed by atoms with Gasteiger partial charge in [-0.2, -0.15) is 0 Å². The molecular weight excluding hydrogens is 1200 g/mol. The zero-order chi connectivity index (χ0) is 69.9. The van der Waals surface area contributed by atoms with Crippen molar-refractivity contribution in [3.05, 3.63) is 84.0 Å². The number of carbonyl (C=O) groups is 6. The summed E-state index contributed by atoms with van der Waals surface area (Å²) in [6.45, 7) is 20.2. The minimum absolute atomic E-state index is 0.00426. The molecule has 2 rings (SSSR count). The number of unbranched alkanes of at least 4 members (excludes halogenated alkanes) is 16. The van der Waals surface area contributed by atoms with Gasteiger partial charge in [-0.15, -0.1) is 11.8 Å². The van der Waals surface area contributed by atoms with Crippen LogP contribution in [0.15, 0.2) is 72.8 Å². The average Bonchev–Trinajstić information content (AvgIpc) is 0.810. The Morgan fingerprint density at radius 1 is 0.500 bits per heavy atom. The standard InChI is InChI=1S/C40H63NO8.C36H55NO8/c1-8-11-13-17-20-28-47-29-21-18-15-14-16-19-22-34(40(45,27-10-3)38(44)49-39(4,5)6)36(42)41-35(37(43)46-7)31-32-23-25-33(26-24-32)48-30-12-9-2;1-5-8-10-14-17-25-44-26-18-15-12-11-13-16-19-31(36(42,24-7-3)35(40)41)33(38)37-32(34(39)43-4)28-29-20-22-30(23-21-29)45-27-9-6-2/h19,22-26,34-35,45H,8,10-11,13-18,20-21,27-31H2,1-7H3,(H,41,42);16,19-23,31-32,42H,5,7-8,10-15,17-18,24-28H2,1-4H3,(H,37,38)(H,40,41)/b22-19+;19-16+/t34-,35+,40+;31-,32+,36+/m11/s1. The third-order valence-corrected chi connectivity index (χ3v) is 15.5. The largest absolute Gasteiger partial charge is 0.481 e. The van der Waals surface area contributed by atoms with Gasteiger partial charge in [-0.1, -0.05) is 178 Å². The predicted octanol–water partition coefficient (Wildman–Crippen LogP) is 13.3. The Morgan fingerprint density at radius 2 is 0.851 bits per heavy atom. The van der Waals surface area contributed by atoms with Gasteiger partial charge in [-0.05, 0) is 134 Å². The van der Waals surface area contributed by atoms with Crippen molar-refractivity contribution >= 4 is 35.7 Å². The normalized spacial score (nSPS) is 13.8. The molecule has 18 heteroatoms. The number of rotatable bonds is 50. The van der Waals surface area contributed by atoms with Gasteiger partial charge in [-0.25, -0.2) is 19.2 Å². The first-order valence-electron chi connectivity index (χ1n) is 34.5. The number of esters is 3. The molecule has 0 aliphatic heterocycles. The molecule has 2 aromatic rings. The third-order valence-electron chi connectivity index (χ3n) is 15.5. The first-order chi connectivity index (χ1) is 45.1. The molecule has 0 unspecified atom stereocenters. The quantitative estimate of drug-likeness (QED) is 0.0136.